The molecule has 2 aliphatic rings. The predicted octanol–water partition coefficient (Wildman–Crippen LogP) is 2.69. The first-order valence-electron chi connectivity index (χ1n) is 10.4. The molecule has 2 amide bonds. The molecule has 158 valence electrons. The monoisotopic (exact) mass is 402 g/mol. The second-order valence-corrected chi connectivity index (χ2v) is 7.84. The number of carbonyl (C=O) groups is 3. The Morgan fingerprint density at radius 3 is 2.48 bits per heavy atom. The third-order valence-corrected chi connectivity index (χ3v) is 5.63. The molecule has 29 heavy (non-hydrogen) atoms. The van der Waals surface area contributed by atoms with Crippen LogP contribution in [0.2, 0.25) is 0 Å². The standard InChI is InChI=1S/C22H30N2O5/c1-16-8-9-19(28-2)18(12-16)24-14-17(13-20(24)25)22(27)29-15-21(26)23-10-6-4-3-5-7-11-23/h8-9,12,17H,3-7,10-11,13-15H2,1-2H3/t17-/m0/s1. The van der Waals surface area contributed by atoms with E-state index in [1.807, 2.05) is 25.1 Å². The van der Waals surface area contributed by atoms with Gasteiger partial charge in [0.1, 0.15) is 5.75 Å². The van der Waals surface area contributed by atoms with E-state index in [0.29, 0.717) is 11.4 Å². The Morgan fingerprint density at radius 2 is 1.79 bits per heavy atom. The van der Waals surface area contributed by atoms with Crippen molar-refractivity contribution in [2.45, 2.75) is 45.4 Å². The fourth-order valence-corrected chi connectivity index (χ4v) is 3.95. The van der Waals surface area contributed by atoms with Gasteiger partial charge >= 0.3 is 5.97 Å². The summed E-state index contributed by atoms with van der Waals surface area (Å²) in [7, 11) is 1.55. The van der Waals surface area contributed by atoms with Crippen LogP contribution in [0.4, 0.5) is 5.69 Å². The number of hydrogen-bond acceptors (Lipinski definition) is 5. The average Bonchev–Trinajstić information content (AvgIpc) is 3.07. The van der Waals surface area contributed by atoms with E-state index in [1.54, 1.807) is 16.9 Å². The van der Waals surface area contributed by atoms with Crippen molar-refractivity contribution in [1.82, 2.24) is 4.90 Å². The first-order chi connectivity index (χ1) is 14.0. The van der Waals surface area contributed by atoms with E-state index in [0.717, 1.165) is 44.3 Å². The summed E-state index contributed by atoms with van der Waals surface area (Å²) in [6, 6.07) is 5.59. The lowest BCUT2D eigenvalue weighted by atomic mass is 10.1. The van der Waals surface area contributed by atoms with E-state index in [1.165, 1.54) is 6.42 Å². The van der Waals surface area contributed by atoms with Gasteiger partial charge < -0.3 is 19.3 Å². The van der Waals surface area contributed by atoms with E-state index in [2.05, 4.69) is 0 Å². The fraction of sp³-hybridized carbons (Fsp3) is 0.591. The minimum Gasteiger partial charge on any atom is -0.495 e. The number of amides is 2. The smallest absolute Gasteiger partial charge is 0.311 e. The second-order valence-electron chi connectivity index (χ2n) is 7.84. The highest BCUT2D eigenvalue weighted by molar-refractivity contribution is 6.00. The quantitative estimate of drug-likeness (QED) is 0.708. The molecule has 7 heteroatoms. The summed E-state index contributed by atoms with van der Waals surface area (Å²) in [5.74, 6) is -0.779. The molecule has 0 saturated carbocycles. The number of aryl methyl sites for hydroxylation is 1. The molecule has 0 radical (unpaired) electrons. The van der Waals surface area contributed by atoms with Crippen LogP contribution in [-0.2, 0) is 19.1 Å². The van der Waals surface area contributed by atoms with Gasteiger partial charge in [-0.1, -0.05) is 25.3 Å². The number of nitrogens with zero attached hydrogens (tertiary/aromatic N) is 2. The largest absolute Gasteiger partial charge is 0.495 e. The van der Waals surface area contributed by atoms with Gasteiger partial charge in [-0.3, -0.25) is 14.4 Å². The number of methoxy groups -OCH3 is 1. The van der Waals surface area contributed by atoms with Crippen molar-refractivity contribution in [3.05, 3.63) is 23.8 Å². The van der Waals surface area contributed by atoms with Gasteiger partial charge in [0.25, 0.3) is 5.91 Å². The molecule has 7 nitrogen and oxygen atoms in total. The number of ether oxygens (including phenoxy) is 2. The molecule has 2 aliphatic heterocycles. The molecule has 3 rings (SSSR count). The molecule has 0 N–H and O–H groups in total. The summed E-state index contributed by atoms with van der Waals surface area (Å²) in [5.41, 5.74) is 1.66. The molecule has 2 saturated heterocycles. The van der Waals surface area contributed by atoms with Crippen LogP contribution in [0, 0.1) is 12.8 Å². The summed E-state index contributed by atoms with van der Waals surface area (Å²) < 4.78 is 10.6. The van der Waals surface area contributed by atoms with Crippen molar-refractivity contribution in [3.8, 4) is 5.75 Å². The summed E-state index contributed by atoms with van der Waals surface area (Å²) in [6.07, 6.45) is 5.54. The zero-order valence-corrected chi connectivity index (χ0v) is 17.3. The maximum absolute atomic E-state index is 12.5. The molecule has 2 fully saturated rings. The normalized spacial score (nSPS) is 20.2. The Balaban J connectivity index is 1.56. The molecule has 0 unspecified atom stereocenters. The highest BCUT2D eigenvalue weighted by Gasteiger charge is 2.37. The van der Waals surface area contributed by atoms with Crippen molar-refractivity contribution in [1.29, 1.82) is 0 Å². The van der Waals surface area contributed by atoms with Gasteiger partial charge in [0.2, 0.25) is 5.91 Å². The van der Waals surface area contributed by atoms with Crippen LogP contribution in [-0.4, -0.2) is 56.0 Å². The van der Waals surface area contributed by atoms with Crippen molar-refractivity contribution in [3.63, 3.8) is 0 Å². The Labute approximate surface area is 171 Å². The SMILES string of the molecule is COc1ccc(C)cc1N1C[C@@H](C(=O)OCC(=O)N2CCCCCCC2)CC1=O. The van der Waals surface area contributed by atoms with Gasteiger partial charge in [-0.05, 0) is 37.5 Å². The van der Waals surface area contributed by atoms with Gasteiger partial charge in [0, 0.05) is 26.1 Å². The number of rotatable bonds is 5. The number of benzene rings is 1. The number of hydrogen-bond donors (Lipinski definition) is 0. The molecular weight excluding hydrogens is 372 g/mol. The Bertz CT molecular complexity index is 756. The molecule has 1 aromatic carbocycles. The Morgan fingerprint density at radius 1 is 1.10 bits per heavy atom. The third kappa shape index (κ3) is 5.28. The molecule has 0 aliphatic carbocycles. The van der Waals surface area contributed by atoms with Gasteiger partial charge in [-0.15, -0.1) is 0 Å². The topological polar surface area (TPSA) is 76.2 Å². The van der Waals surface area contributed by atoms with Crippen molar-refractivity contribution in [2.24, 2.45) is 5.92 Å². The average molecular weight is 402 g/mol. The van der Waals surface area contributed by atoms with Gasteiger partial charge in [-0.2, -0.15) is 0 Å². The van der Waals surface area contributed by atoms with Gasteiger partial charge in [-0.25, -0.2) is 0 Å². The number of esters is 1. The summed E-state index contributed by atoms with van der Waals surface area (Å²) in [6.45, 7) is 3.36. The lowest BCUT2D eigenvalue weighted by Crippen LogP contribution is -2.37. The molecule has 1 atom stereocenters. The summed E-state index contributed by atoms with van der Waals surface area (Å²) >= 11 is 0. The van der Waals surface area contributed by atoms with Crippen LogP contribution >= 0.6 is 0 Å². The Kier molecular flexibility index (Phi) is 7.12. The van der Waals surface area contributed by atoms with Crippen molar-refractivity contribution < 1.29 is 23.9 Å². The lowest BCUT2D eigenvalue weighted by molar-refractivity contribution is -0.155. The minimum absolute atomic E-state index is 0.0772. The van der Waals surface area contributed by atoms with Crippen LogP contribution in [0.15, 0.2) is 18.2 Å². The zero-order chi connectivity index (χ0) is 20.8. The maximum atomic E-state index is 12.5. The van der Waals surface area contributed by atoms with E-state index in [-0.39, 0.29) is 31.4 Å². The molecule has 2 heterocycles. The van der Waals surface area contributed by atoms with Crippen LogP contribution in [0.1, 0.15) is 44.1 Å². The molecule has 0 spiro atoms. The molecular formula is C22H30N2O5. The lowest BCUT2D eigenvalue weighted by Gasteiger charge is -2.24. The van der Waals surface area contributed by atoms with Crippen molar-refractivity contribution >= 4 is 23.5 Å². The number of carbonyl (C=O) groups excluding carboxylic acids is 3. The molecule has 1 aromatic rings. The highest BCUT2D eigenvalue weighted by atomic mass is 16.5. The number of likely N-dealkylation sites (tertiary alicyclic amines) is 1. The zero-order valence-electron chi connectivity index (χ0n) is 17.3. The van der Waals surface area contributed by atoms with E-state index in [4.69, 9.17) is 9.47 Å². The van der Waals surface area contributed by atoms with E-state index < -0.39 is 11.9 Å². The Hall–Kier alpha value is -2.57. The summed E-state index contributed by atoms with van der Waals surface area (Å²) in [5, 5.41) is 0. The van der Waals surface area contributed by atoms with Gasteiger partial charge in [0.05, 0.1) is 18.7 Å². The maximum Gasteiger partial charge on any atom is 0.311 e. The summed E-state index contributed by atoms with van der Waals surface area (Å²) in [4.78, 5) is 40.8. The third-order valence-electron chi connectivity index (χ3n) is 5.63. The van der Waals surface area contributed by atoms with Gasteiger partial charge in [0.15, 0.2) is 6.61 Å². The first-order valence-corrected chi connectivity index (χ1v) is 10.4. The van der Waals surface area contributed by atoms with E-state index >= 15 is 0 Å². The molecule has 0 aromatic heterocycles. The first kappa shape index (κ1) is 21.1. The molecule has 0 bridgehead atoms. The minimum atomic E-state index is -0.576. The predicted molar refractivity (Wildman–Crippen MR) is 109 cm³/mol. The van der Waals surface area contributed by atoms with Crippen LogP contribution < -0.4 is 9.64 Å². The van der Waals surface area contributed by atoms with Crippen LogP contribution in [0.3, 0.4) is 0 Å². The van der Waals surface area contributed by atoms with Crippen LogP contribution in [0.25, 0.3) is 0 Å². The van der Waals surface area contributed by atoms with E-state index in [9.17, 15) is 14.4 Å². The van der Waals surface area contributed by atoms with Crippen LogP contribution in [0.5, 0.6) is 5.75 Å². The number of anilines is 1. The highest BCUT2D eigenvalue weighted by Crippen LogP contribution is 2.34. The van der Waals surface area contributed by atoms with Crippen molar-refractivity contribution in [2.75, 3.05) is 38.3 Å². The second kappa shape index (κ2) is 9.76. The fourth-order valence-electron chi connectivity index (χ4n) is 3.95.